The van der Waals surface area contributed by atoms with Gasteiger partial charge in [-0.3, -0.25) is 0 Å². The van der Waals surface area contributed by atoms with Crippen LogP contribution in [-0.2, 0) is 10.0 Å². The highest BCUT2D eigenvalue weighted by Crippen LogP contribution is 2.26. The van der Waals surface area contributed by atoms with Crippen LogP contribution in [0.15, 0.2) is 0 Å². The molecule has 0 saturated heterocycles. The minimum Gasteiger partial charge on any atom is -0.329 e. The van der Waals surface area contributed by atoms with Crippen LogP contribution in [0.3, 0.4) is 0 Å². The van der Waals surface area contributed by atoms with Crippen molar-refractivity contribution >= 4 is 10.0 Å². The summed E-state index contributed by atoms with van der Waals surface area (Å²) in [6.07, 6.45) is 5.92. The van der Waals surface area contributed by atoms with E-state index in [0.717, 1.165) is 25.7 Å². The molecule has 0 amide bonds. The lowest BCUT2D eigenvalue weighted by Crippen LogP contribution is -2.53. The van der Waals surface area contributed by atoms with Gasteiger partial charge in [-0.05, 0) is 31.6 Å². The summed E-state index contributed by atoms with van der Waals surface area (Å²) in [5, 5.41) is 0. The van der Waals surface area contributed by atoms with Gasteiger partial charge in [-0.2, -0.15) is 0 Å². The molecule has 1 aliphatic carbocycles. The molecule has 4 nitrogen and oxygen atoms in total. The van der Waals surface area contributed by atoms with Crippen molar-refractivity contribution in [3.05, 3.63) is 0 Å². The first-order valence-corrected chi connectivity index (χ1v) is 8.34. The predicted molar refractivity (Wildman–Crippen MR) is 71.2 cm³/mol. The molecule has 17 heavy (non-hydrogen) atoms. The molecule has 0 radical (unpaired) electrons. The standard InChI is InChI=1S/C12H26N2O2S/c1-3-12(4-2,10-13)14-17(15,16)9-11-7-5-6-8-11/h11,14H,3-10,13H2,1-2H3. The normalized spacial score (nSPS) is 18.8. The Morgan fingerprint density at radius 1 is 1.24 bits per heavy atom. The molecule has 0 spiro atoms. The number of nitrogens with one attached hydrogen (secondary N) is 1. The molecule has 0 atom stereocenters. The van der Waals surface area contributed by atoms with Gasteiger partial charge >= 0.3 is 0 Å². The second-order valence-electron chi connectivity index (χ2n) is 5.23. The molecule has 1 fully saturated rings. The number of hydrogen-bond acceptors (Lipinski definition) is 3. The Morgan fingerprint density at radius 3 is 2.18 bits per heavy atom. The first-order chi connectivity index (χ1) is 7.97. The van der Waals surface area contributed by atoms with Crippen LogP contribution in [0, 0.1) is 5.92 Å². The molecule has 5 heteroatoms. The van der Waals surface area contributed by atoms with Crippen molar-refractivity contribution in [1.82, 2.24) is 4.72 Å². The highest BCUT2D eigenvalue weighted by Gasteiger charge is 2.31. The van der Waals surface area contributed by atoms with Gasteiger partial charge in [0.25, 0.3) is 0 Å². The lowest BCUT2D eigenvalue weighted by atomic mass is 9.95. The van der Waals surface area contributed by atoms with Crippen LogP contribution in [0.5, 0.6) is 0 Å². The third-order valence-corrected chi connectivity index (χ3v) is 5.70. The summed E-state index contributed by atoms with van der Waals surface area (Å²) in [7, 11) is -3.19. The van der Waals surface area contributed by atoms with Crippen molar-refractivity contribution in [1.29, 1.82) is 0 Å². The average molecular weight is 262 g/mol. The van der Waals surface area contributed by atoms with Crippen LogP contribution >= 0.6 is 0 Å². The van der Waals surface area contributed by atoms with Crippen LogP contribution in [0.4, 0.5) is 0 Å². The largest absolute Gasteiger partial charge is 0.329 e. The van der Waals surface area contributed by atoms with Gasteiger partial charge in [0.05, 0.1) is 5.75 Å². The lowest BCUT2D eigenvalue weighted by molar-refractivity contribution is 0.361. The van der Waals surface area contributed by atoms with Crippen molar-refractivity contribution in [2.45, 2.75) is 57.9 Å². The van der Waals surface area contributed by atoms with Crippen molar-refractivity contribution in [3.63, 3.8) is 0 Å². The van der Waals surface area contributed by atoms with Gasteiger partial charge in [0.1, 0.15) is 0 Å². The van der Waals surface area contributed by atoms with E-state index in [4.69, 9.17) is 5.73 Å². The molecule has 1 rings (SSSR count). The summed E-state index contributed by atoms with van der Waals surface area (Å²) >= 11 is 0. The molecule has 1 aliphatic rings. The van der Waals surface area contributed by atoms with E-state index in [-0.39, 0.29) is 5.75 Å². The second kappa shape index (κ2) is 6.16. The number of rotatable bonds is 7. The van der Waals surface area contributed by atoms with E-state index in [1.54, 1.807) is 0 Å². The zero-order chi connectivity index (χ0) is 12.9. The number of nitrogens with two attached hydrogens (primary N) is 1. The van der Waals surface area contributed by atoms with Crippen molar-refractivity contribution < 1.29 is 8.42 Å². The Balaban J connectivity index is 2.63. The lowest BCUT2D eigenvalue weighted by Gasteiger charge is -2.31. The molecule has 0 unspecified atom stereocenters. The summed E-state index contributed by atoms with van der Waals surface area (Å²) in [4.78, 5) is 0. The summed E-state index contributed by atoms with van der Waals surface area (Å²) in [6.45, 7) is 4.33. The van der Waals surface area contributed by atoms with Gasteiger partial charge in [-0.25, -0.2) is 13.1 Å². The van der Waals surface area contributed by atoms with Gasteiger partial charge in [-0.1, -0.05) is 26.7 Å². The van der Waals surface area contributed by atoms with Gasteiger partial charge in [0.2, 0.25) is 10.0 Å². The molecule has 0 aromatic carbocycles. The monoisotopic (exact) mass is 262 g/mol. The highest BCUT2D eigenvalue weighted by molar-refractivity contribution is 7.89. The van der Waals surface area contributed by atoms with Crippen molar-refractivity contribution in [2.75, 3.05) is 12.3 Å². The fourth-order valence-electron chi connectivity index (χ4n) is 2.58. The fraction of sp³-hybridized carbons (Fsp3) is 1.00. The molecular weight excluding hydrogens is 236 g/mol. The number of sulfonamides is 1. The Kier molecular flexibility index (Phi) is 5.41. The Bertz CT molecular complexity index is 309. The maximum atomic E-state index is 12.1. The van der Waals surface area contributed by atoms with E-state index in [1.807, 2.05) is 13.8 Å². The number of hydrogen-bond donors (Lipinski definition) is 2. The fourth-order valence-corrected chi connectivity index (χ4v) is 4.65. The third kappa shape index (κ3) is 4.23. The van der Waals surface area contributed by atoms with Crippen LogP contribution in [0.25, 0.3) is 0 Å². The molecule has 0 aromatic heterocycles. The van der Waals surface area contributed by atoms with Crippen molar-refractivity contribution in [3.8, 4) is 0 Å². The van der Waals surface area contributed by atoms with E-state index < -0.39 is 15.6 Å². The first-order valence-electron chi connectivity index (χ1n) is 6.68. The Hall–Kier alpha value is -0.130. The van der Waals surface area contributed by atoms with Crippen LogP contribution < -0.4 is 10.5 Å². The SMILES string of the molecule is CCC(CC)(CN)NS(=O)(=O)CC1CCCC1. The smallest absolute Gasteiger partial charge is 0.212 e. The maximum absolute atomic E-state index is 12.1. The van der Waals surface area contributed by atoms with E-state index in [2.05, 4.69) is 4.72 Å². The molecular formula is C12H26N2O2S. The van der Waals surface area contributed by atoms with Crippen LogP contribution in [0.2, 0.25) is 0 Å². The quantitative estimate of drug-likeness (QED) is 0.732. The molecule has 1 saturated carbocycles. The van der Waals surface area contributed by atoms with Gasteiger partial charge in [0, 0.05) is 12.1 Å². The Labute approximate surface area is 105 Å². The summed E-state index contributed by atoms with van der Waals surface area (Å²) in [6, 6.07) is 0. The minimum atomic E-state index is -3.19. The molecule has 0 aromatic rings. The van der Waals surface area contributed by atoms with Gasteiger partial charge in [-0.15, -0.1) is 0 Å². The molecule has 0 bridgehead atoms. The van der Waals surface area contributed by atoms with E-state index in [9.17, 15) is 8.42 Å². The molecule has 3 N–H and O–H groups in total. The second-order valence-corrected chi connectivity index (χ2v) is 6.99. The summed E-state index contributed by atoms with van der Waals surface area (Å²) in [5.74, 6) is 0.617. The van der Waals surface area contributed by atoms with E-state index in [1.165, 1.54) is 12.8 Å². The van der Waals surface area contributed by atoms with Crippen molar-refractivity contribution in [2.24, 2.45) is 11.7 Å². The molecule has 0 heterocycles. The third-order valence-electron chi connectivity index (χ3n) is 4.05. The molecule has 102 valence electrons. The zero-order valence-electron chi connectivity index (χ0n) is 11.0. The summed E-state index contributed by atoms with van der Waals surface area (Å²) < 4.78 is 27.1. The molecule has 0 aliphatic heterocycles. The topological polar surface area (TPSA) is 72.2 Å². The first kappa shape index (κ1) is 14.9. The van der Waals surface area contributed by atoms with Crippen LogP contribution in [-0.4, -0.2) is 26.3 Å². The highest BCUT2D eigenvalue weighted by atomic mass is 32.2. The summed E-state index contributed by atoms with van der Waals surface area (Å²) in [5.41, 5.74) is 5.27. The zero-order valence-corrected chi connectivity index (χ0v) is 11.9. The van der Waals surface area contributed by atoms with E-state index >= 15 is 0 Å². The van der Waals surface area contributed by atoms with E-state index in [0.29, 0.717) is 12.5 Å². The van der Waals surface area contributed by atoms with Crippen LogP contribution in [0.1, 0.15) is 52.4 Å². The maximum Gasteiger partial charge on any atom is 0.212 e. The Morgan fingerprint density at radius 2 is 1.76 bits per heavy atom. The van der Waals surface area contributed by atoms with Gasteiger partial charge in [0.15, 0.2) is 0 Å². The van der Waals surface area contributed by atoms with Gasteiger partial charge < -0.3 is 5.73 Å². The predicted octanol–water partition coefficient (Wildman–Crippen LogP) is 1.61. The average Bonchev–Trinajstić information content (AvgIpc) is 2.78. The minimum absolute atomic E-state index is 0.273.